The maximum atomic E-state index is 8.88. The lowest BCUT2D eigenvalue weighted by atomic mass is 9.86. The molecule has 9 aromatic rings. The Morgan fingerprint density at radius 1 is 0.603 bits per heavy atom. The zero-order valence-corrected chi connectivity index (χ0v) is 33.8. The van der Waals surface area contributed by atoms with Crippen LogP contribution in [0.1, 0.15) is 93.9 Å². The number of hydrogen-bond donors (Lipinski definition) is 0. The number of pyridine rings is 1. The maximum Gasteiger partial charge on any atom is 0.139 e. The van der Waals surface area contributed by atoms with E-state index in [0.717, 1.165) is 86.6 Å². The zero-order valence-electron chi connectivity index (χ0n) is 37.8. The van der Waals surface area contributed by atoms with Crippen LogP contribution >= 0.6 is 0 Å². The van der Waals surface area contributed by atoms with Crippen LogP contribution in [0.4, 0.5) is 0 Å². The van der Waals surface area contributed by atoms with Crippen LogP contribution in [0.25, 0.3) is 60.8 Å². The quantitative estimate of drug-likeness (QED) is 0.162. The Kier molecular flexibility index (Phi) is 7.85. The van der Waals surface area contributed by atoms with E-state index in [1.165, 1.54) is 12.8 Å². The second kappa shape index (κ2) is 14.3. The fourth-order valence-corrected chi connectivity index (χ4v) is 8.84. The smallest absolute Gasteiger partial charge is 0.139 e. The van der Waals surface area contributed by atoms with Gasteiger partial charge >= 0.3 is 0 Å². The topological polar surface area (TPSA) is 62.7 Å². The number of rotatable bonds is 7. The number of para-hydroxylation sites is 3. The van der Waals surface area contributed by atoms with Gasteiger partial charge in [-0.15, -0.1) is 0 Å². The van der Waals surface area contributed by atoms with E-state index in [4.69, 9.17) is 25.4 Å². The van der Waals surface area contributed by atoms with E-state index >= 15 is 0 Å². The predicted octanol–water partition coefficient (Wildman–Crippen LogP) is 12.7. The van der Waals surface area contributed by atoms with Crippen LogP contribution < -0.4 is 4.74 Å². The third-order valence-electron chi connectivity index (χ3n) is 11.8. The molecule has 0 radical (unpaired) electrons. The molecule has 0 spiro atoms. The van der Waals surface area contributed by atoms with Gasteiger partial charge in [0.1, 0.15) is 17.3 Å². The summed E-state index contributed by atoms with van der Waals surface area (Å²) >= 11 is 0. The first-order chi connectivity index (χ1) is 29.6. The van der Waals surface area contributed by atoms with Crippen molar-refractivity contribution in [2.24, 2.45) is 0 Å². The van der Waals surface area contributed by atoms with Crippen LogP contribution in [-0.4, -0.2) is 29.1 Å². The Balaban J connectivity index is 1.13. The van der Waals surface area contributed by atoms with Crippen molar-refractivity contribution in [1.29, 1.82) is 0 Å². The number of benzene rings is 5. The Hall–Kier alpha value is -6.21. The Bertz CT molecular complexity index is 3100. The zero-order chi connectivity index (χ0) is 43.1. The molecule has 1 aliphatic rings. The minimum Gasteiger partial charge on any atom is -0.457 e. The molecule has 0 aliphatic heterocycles. The first-order valence-corrected chi connectivity index (χ1v) is 20.5. The average molecular weight is 767 g/mol. The summed E-state index contributed by atoms with van der Waals surface area (Å²) in [5.41, 5.74) is 9.12. The summed E-state index contributed by atoms with van der Waals surface area (Å²) in [6.07, 6.45) is 5.08. The van der Waals surface area contributed by atoms with E-state index in [2.05, 4.69) is 61.7 Å². The number of ether oxygens (including phenoxy) is 1. The number of fused-ring (bicyclic) bond motifs is 7. The molecule has 0 bridgehead atoms. The lowest BCUT2D eigenvalue weighted by Crippen LogP contribution is -2.12. The van der Waals surface area contributed by atoms with Crippen LogP contribution in [0.5, 0.6) is 11.5 Å². The standard InChI is InChI=1S/C51H50N6O/c1-6-33-16-14-19-42-43-20-15-17-34(7-2)50(43)55(49(33)42)36-26-27-52-48(31-36)56-46-23-13-12-18-40(46)41-25-24-38(32-47(41)56)58-39-29-35(51(3,4)5)28-37(30-39)57-53-44-21-10-8-9-11-22-45(44)54-57/h12-20,23-32H,6-11,21-22H2,1-5H3/i6D2,7D2. The summed E-state index contributed by atoms with van der Waals surface area (Å²) in [6, 6.07) is 36.1. The highest BCUT2D eigenvalue weighted by Crippen LogP contribution is 2.39. The second-order valence-electron chi connectivity index (χ2n) is 16.5. The van der Waals surface area contributed by atoms with Crippen molar-refractivity contribution in [3.8, 4) is 28.7 Å². The van der Waals surface area contributed by atoms with Gasteiger partial charge < -0.3 is 9.30 Å². The van der Waals surface area contributed by atoms with E-state index < -0.39 is 12.7 Å². The number of aromatic nitrogens is 6. The Labute approximate surface area is 345 Å². The summed E-state index contributed by atoms with van der Waals surface area (Å²) < 4.78 is 46.5. The van der Waals surface area contributed by atoms with Crippen molar-refractivity contribution >= 4 is 43.6 Å². The lowest BCUT2D eigenvalue weighted by molar-refractivity contribution is 0.478. The number of aryl methyl sites for hydroxylation is 4. The highest BCUT2D eigenvalue weighted by molar-refractivity contribution is 6.12. The van der Waals surface area contributed by atoms with Crippen LogP contribution in [0.3, 0.4) is 0 Å². The summed E-state index contributed by atoms with van der Waals surface area (Å²) in [5, 5.41) is 13.8. The first kappa shape index (κ1) is 31.8. The van der Waals surface area contributed by atoms with E-state index in [-0.39, 0.29) is 5.41 Å². The molecular weight excluding hydrogens is 713 g/mol. The molecular formula is C51H50N6O. The van der Waals surface area contributed by atoms with Crippen molar-refractivity contribution in [1.82, 2.24) is 29.1 Å². The van der Waals surface area contributed by atoms with Crippen LogP contribution in [0.15, 0.2) is 115 Å². The number of hydrogen-bond acceptors (Lipinski definition) is 4. The van der Waals surface area contributed by atoms with Crippen LogP contribution in [-0.2, 0) is 31.0 Å². The van der Waals surface area contributed by atoms with Gasteiger partial charge in [0.2, 0.25) is 0 Å². The van der Waals surface area contributed by atoms with E-state index in [0.29, 0.717) is 39.5 Å². The molecule has 7 heteroatoms. The van der Waals surface area contributed by atoms with Gasteiger partial charge in [-0.25, -0.2) is 4.98 Å². The minimum atomic E-state index is -1.67. The Morgan fingerprint density at radius 3 is 1.93 bits per heavy atom. The molecule has 290 valence electrons. The fourth-order valence-electron chi connectivity index (χ4n) is 8.84. The van der Waals surface area contributed by atoms with Gasteiger partial charge in [0, 0.05) is 51.4 Å². The molecule has 7 nitrogen and oxygen atoms in total. The highest BCUT2D eigenvalue weighted by atomic mass is 16.5. The summed E-state index contributed by atoms with van der Waals surface area (Å²) in [4.78, 5) is 6.77. The Morgan fingerprint density at radius 2 is 1.26 bits per heavy atom. The minimum absolute atomic E-state index is 0.152. The third-order valence-corrected chi connectivity index (χ3v) is 11.8. The van der Waals surface area contributed by atoms with E-state index in [1.807, 2.05) is 77.4 Å². The molecule has 10 rings (SSSR count). The molecule has 4 aromatic heterocycles. The third kappa shape index (κ3) is 6.15. The number of nitrogens with zero attached hydrogens (tertiary/aromatic N) is 6. The fraction of sp³-hybridized carbons (Fsp3) is 0.275. The molecule has 0 amide bonds. The molecule has 0 N–H and O–H groups in total. The van der Waals surface area contributed by atoms with Crippen molar-refractivity contribution in [2.75, 3.05) is 0 Å². The van der Waals surface area contributed by atoms with Crippen LogP contribution in [0.2, 0.25) is 0 Å². The van der Waals surface area contributed by atoms with Gasteiger partial charge in [-0.2, -0.15) is 15.0 Å². The maximum absolute atomic E-state index is 8.88. The second-order valence-corrected chi connectivity index (χ2v) is 16.5. The molecule has 1 aliphatic carbocycles. The van der Waals surface area contributed by atoms with Gasteiger partial charge in [-0.1, -0.05) is 102 Å². The van der Waals surface area contributed by atoms with E-state index in [1.54, 1.807) is 24.8 Å². The molecule has 0 saturated carbocycles. The molecule has 0 atom stereocenters. The SMILES string of the molecule is [2H]C([2H])(C)c1cccc2c3cccc(C([2H])([2H])C)c3n(-c3ccnc(-n4c5ccccc5c5ccc(Oc6cc(-n7nc8c(n7)CCCCCC8)cc(C(C)(C)C)c6)cc54)c3)c12. The van der Waals surface area contributed by atoms with E-state index in [9.17, 15) is 0 Å². The van der Waals surface area contributed by atoms with Gasteiger partial charge in [-0.05, 0) is 96.9 Å². The van der Waals surface area contributed by atoms with Crippen molar-refractivity contribution in [3.63, 3.8) is 0 Å². The van der Waals surface area contributed by atoms with Gasteiger partial charge in [0.05, 0.1) is 44.8 Å². The van der Waals surface area contributed by atoms with Gasteiger partial charge in [0.15, 0.2) is 0 Å². The van der Waals surface area contributed by atoms with Gasteiger partial charge in [-0.3, -0.25) is 4.57 Å². The van der Waals surface area contributed by atoms with Crippen molar-refractivity contribution in [2.45, 2.75) is 91.3 Å². The largest absolute Gasteiger partial charge is 0.457 e. The predicted molar refractivity (Wildman–Crippen MR) is 238 cm³/mol. The summed E-state index contributed by atoms with van der Waals surface area (Å²) in [6.45, 7) is 9.76. The molecule has 58 heavy (non-hydrogen) atoms. The normalized spacial score (nSPS) is 15.2. The summed E-state index contributed by atoms with van der Waals surface area (Å²) in [7, 11) is 0. The molecule has 0 unspecified atom stereocenters. The molecule has 5 aromatic carbocycles. The average Bonchev–Trinajstić information content (AvgIpc) is 3.89. The first-order valence-electron chi connectivity index (χ1n) is 22.5. The monoisotopic (exact) mass is 766 g/mol. The van der Waals surface area contributed by atoms with Crippen molar-refractivity contribution < 1.29 is 10.2 Å². The summed E-state index contributed by atoms with van der Waals surface area (Å²) in [5.74, 6) is 2.03. The molecule has 0 fully saturated rings. The molecule has 4 heterocycles. The highest BCUT2D eigenvalue weighted by Gasteiger charge is 2.22. The molecule has 0 saturated heterocycles. The lowest BCUT2D eigenvalue weighted by Gasteiger charge is -2.21. The van der Waals surface area contributed by atoms with Crippen LogP contribution in [0, 0.1) is 0 Å². The van der Waals surface area contributed by atoms with Gasteiger partial charge in [0.25, 0.3) is 0 Å². The van der Waals surface area contributed by atoms with Crippen molar-refractivity contribution in [3.05, 3.63) is 143 Å².